The Balaban J connectivity index is 1.54. The molecule has 0 spiro atoms. The summed E-state index contributed by atoms with van der Waals surface area (Å²) in [7, 11) is -3.72. The number of nitrogens with zero attached hydrogens (tertiary/aromatic N) is 1. The molecule has 0 aliphatic carbocycles. The van der Waals surface area contributed by atoms with Gasteiger partial charge in [-0.25, -0.2) is 8.42 Å². The third-order valence-electron chi connectivity index (χ3n) is 4.53. The zero-order valence-electron chi connectivity index (χ0n) is 17.3. The molecule has 1 aromatic carbocycles. The molecule has 1 unspecified atom stereocenters. The average molecular weight is 465 g/mol. The van der Waals surface area contributed by atoms with Crippen LogP contribution >= 0.6 is 0 Å². The number of furan rings is 1. The van der Waals surface area contributed by atoms with Crippen LogP contribution in [-0.4, -0.2) is 69.5 Å². The summed E-state index contributed by atoms with van der Waals surface area (Å²) in [4.78, 5) is 36.0. The summed E-state index contributed by atoms with van der Waals surface area (Å²) in [6.07, 6.45) is 0.142. The van der Waals surface area contributed by atoms with Gasteiger partial charge in [0.2, 0.25) is 10.0 Å². The lowest BCUT2D eigenvalue weighted by atomic mass is 10.3. The summed E-state index contributed by atoms with van der Waals surface area (Å²) in [5, 5.41) is 4.84. The van der Waals surface area contributed by atoms with Crippen LogP contribution in [0.15, 0.2) is 52.0 Å². The fraction of sp³-hybridized carbons (Fsp3) is 0.350. The predicted molar refractivity (Wildman–Crippen MR) is 111 cm³/mol. The van der Waals surface area contributed by atoms with Crippen molar-refractivity contribution < 1.29 is 36.7 Å². The largest absolute Gasteiger partial charge is 0.459 e. The van der Waals surface area contributed by atoms with E-state index in [0.29, 0.717) is 13.2 Å². The van der Waals surface area contributed by atoms with Crippen molar-refractivity contribution in [2.75, 3.05) is 38.2 Å². The zero-order valence-corrected chi connectivity index (χ0v) is 18.1. The van der Waals surface area contributed by atoms with E-state index in [1.807, 2.05) is 0 Å². The topological polar surface area (TPSA) is 144 Å². The van der Waals surface area contributed by atoms with Crippen LogP contribution in [0.4, 0.5) is 5.69 Å². The molecule has 11 nitrogen and oxygen atoms in total. The summed E-state index contributed by atoms with van der Waals surface area (Å²) in [5.41, 5.74) is 0.235. The third-order valence-corrected chi connectivity index (χ3v) is 6.42. The maximum atomic E-state index is 12.8. The van der Waals surface area contributed by atoms with Crippen molar-refractivity contribution in [3.8, 4) is 0 Å². The van der Waals surface area contributed by atoms with E-state index in [4.69, 9.17) is 13.9 Å². The average Bonchev–Trinajstić information content (AvgIpc) is 3.33. The van der Waals surface area contributed by atoms with E-state index in [9.17, 15) is 22.8 Å². The van der Waals surface area contributed by atoms with Crippen LogP contribution in [0, 0.1) is 0 Å². The molecule has 0 saturated carbocycles. The molecule has 0 bridgehead atoms. The van der Waals surface area contributed by atoms with Crippen molar-refractivity contribution in [3.63, 3.8) is 0 Å². The van der Waals surface area contributed by atoms with Crippen LogP contribution in [0.1, 0.15) is 17.5 Å². The Bertz CT molecular complexity index is 1060. The number of esters is 1. The van der Waals surface area contributed by atoms with Crippen molar-refractivity contribution in [3.05, 3.63) is 48.4 Å². The molecule has 1 aliphatic heterocycles. The van der Waals surface area contributed by atoms with Gasteiger partial charge in [0.25, 0.3) is 11.8 Å². The van der Waals surface area contributed by atoms with Crippen molar-refractivity contribution in [2.45, 2.75) is 17.9 Å². The number of ether oxygens (including phenoxy) is 2. The van der Waals surface area contributed by atoms with Gasteiger partial charge in [-0.15, -0.1) is 0 Å². The van der Waals surface area contributed by atoms with Crippen molar-refractivity contribution in [2.24, 2.45) is 0 Å². The second-order valence-corrected chi connectivity index (χ2v) is 8.76. The van der Waals surface area contributed by atoms with E-state index in [-0.39, 0.29) is 29.4 Å². The number of carbonyl (C=O) groups excluding carboxylic acids is 3. The minimum Gasteiger partial charge on any atom is -0.459 e. The standard InChI is InChI=1S/C20H23N3O8S/c1-14(31-18(24)13-21-20(26)17-6-3-9-30-17)19(25)22-15-4-2-5-16(12-15)32(27,28)23-7-10-29-11-8-23/h2-6,9,12,14H,7-8,10-11,13H2,1H3,(H,21,26)(H,22,25). The Kier molecular flexibility index (Phi) is 7.62. The molecule has 1 saturated heterocycles. The van der Waals surface area contributed by atoms with Gasteiger partial charge in [-0.2, -0.15) is 4.31 Å². The number of hydrogen-bond donors (Lipinski definition) is 2. The quantitative estimate of drug-likeness (QED) is 0.540. The number of anilines is 1. The number of sulfonamides is 1. The van der Waals surface area contributed by atoms with Crippen LogP contribution in [0.3, 0.4) is 0 Å². The van der Waals surface area contributed by atoms with Gasteiger partial charge < -0.3 is 24.5 Å². The summed E-state index contributed by atoms with van der Waals surface area (Å²) >= 11 is 0. The van der Waals surface area contributed by atoms with Crippen molar-refractivity contribution >= 4 is 33.5 Å². The van der Waals surface area contributed by atoms with Crippen molar-refractivity contribution in [1.82, 2.24) is 9.62 Å². The molecule has 1 aliphatic rings. The lowest BCUT2D eigenvalue weighted by molar-refractivity contribution is -0.152. The molecule has 2 aromatic rings. The van der Waals surface area contributed by atoms with E-state index < -0.39 is 40.5 Å². The fourth-order valence-electron chi connectivity index (χ4n) is 2.85. The molecule has 12 heteroatoms. The van der Waals surface area contributed by atoms with Crippen molar-refractivity contribution in [1.29, 1.82) is 0 Å². The molecule has 0 radical (unpaired) electrons. The minimum atomic E-state index is -3.72. The SMILES string of the molecule is CC(OC(=O)CNC(=O)c1ccco1)C(=O)Nc1cccc(S(=O)(=O)N2CCOCC2)c1. The summed E-state index contributed by atoms with van der Waals surface area (Å²) in [6, 6.07) is 8.76. The number of morpholine rings is 1. The van der Waals surface area contributed by atoms with Gasteiger partial charge in [-0.1, -0.05) is 6.07 Å². The molecule has 32 heavy (non-hydrogen) atoms. The van der Waals surface area contributed by atoms with E-state index in [0.717, 1.165) is 0 Å². The lowest BCUT2D eigenvalue weighted by Crippen LogP contribution is -2.40. The smallest absolute Gasteiger partial charge is 0.326 e. The Morgan fingerprint density at radius 3 is 2.59 bits per heavy atom. The van der Waals surface area contributed by atoms with E-state index >= 15 is 0 Å². The first-order valence-electron chi connectivity index (χ1n) is 9.77. The van der Waals surface area contributed by atoms with Crippen LogP contribution in [0.2, 0.25) is 0 Å². The van der Waals surface area contributed by atoms with Crippen LogP contribution in [0.5, 0.6) is 0 Å². The van der Waals surface area contributed by atoms with Crippen LogP contribution in [-0.2, 0) is 29.1 Å². The molecule has 2 N–H and O–H groups in total. The van der Waals surface area contributed by atoms with Gasteiger partial charge in [0.1, 0.15) is 6.54 Å². The first-order valence-corrected chi connectivity index (χ1v) is 11.2. The molecule has 1 atom stereocenters. The molecule has 2 heterocycles. The second-order valence-electron chi connectivity index (χ2n) is 6.83. The van der Waals surface area contributed by atoms with Gasteiger partial charge in [0.15, 0.2) is 11.9 Å². The van der Waals surface area contributed by atoms with Crippen LogP contribution in [0.25, 0.3) is 0 Å². The number of rotatable bonds is 8. The summed E-state index contributed by atoms with van der Waals surface area (Å²) in [6.45, 7) is 2.05. The summed E-state index contributed by atoms with van der Waals surface area (Å²) in [5.74, 6) is -2.04. The number of nitrogens with one attached hydrogen (secondary N) is 2. The number of benzene rings is 1. The highest BCUT2D eigenvalue weighted by Crippen LogP contribution is 2.20. The monoisotopic (exact) mass is 465 g/mol. The van der Waals surface area contributed by atoms with Crippen LogP contribution < -0.4 is 10.6 Å². The highest BCUT2D eigenvalue weighted by Gasteiger charge is 2.27. The maximum absolute atomic E-state index is 12.8. The Hall–Kier alpha value is -3.22. The normalized spacial score (nSPS) is 15.5. The first kappa shape index (κ1) is 23.4. The van der Waals surface area contributed by atoms with E-state index in [2.05, 4.69) is 10.6 Å². The van der Waals surface area contributed by atoms with E-state index in [1.165, 1.54) is 53.9 Å². The van der Waals surface area contributed by atoms with Gasteiger partial charge in [-0.3, -0.25) is 14.4 Å². The van der Waals surface area contributed by atoms with Gasteiger partial charge >= 0.3 is 5.97 Å². The lowest BCUT2D eigenvalue weighted by Gasteiger charge is -2.26. The Labute approximate surface area is 184 Å². The molecule has 1 fully saturated rings. The van der Waals surface area contributed by atoms with Gasteiger partial charge in [0.05, 0.1) is 24.4 Å². The fourth-order valence-corrected chi connectivity index (χ4v) is 4.31. The summed E-state index contributed by atoms with van der Waals surface area (Å²) < 4.78 is 41.9. The highest BCUT2D eigenvalue weighted by molar-refractivity contribution is 7.89. The Morgan fingerprint density at radius 2 is 1.91 bits per heavy atom. The zero-order chi connectivity index (χ0) is 23.1. The van der Waals surface area contributed by atoms with E-state index in [1.54, 1.807) is 0 Å². The predicted octanol–water partition coefficient (Wildman–Crippen LogP) is 0.601. The molecule has 3 rings (SSSR count). The molecule has 1 aromatic heterocycles. The van der Waals surface area contributed by atoms with Gasteiger partial charge in [-0.05, 0) is 37.3 Å². The highest BCUT2D eigenvalue weighted by atomic mass is 32.2. The number of hydrogen-bond acceptors (Lipinski definition) is 8. The molecular formula is C20H23N3O8S. The third kappa shape index (κ3) is 5.93. The number of amides is 2. The maximum Gasteiger partial charge on any atom is 0.326 e. The first-order chi connectivity index (χ1) is 15.3. The Morgan fingerprint density at radius 1 is 1.16 bits per heavy atom. The minimum absolute atomic E-state index is 0.0301. The molecular weight excluding hydrogens is 442 g/mol. The second kappa shape index (κ2) is 10.4. The molecule has 172 valence electrons. The number of carbonyl (C=O) groups is 3. The van der Waals surface area contributed by atoms with Gasteiger partial charge in [0, 0.05) is 18.8 Å². The molecule has 2 amide bonds.